The number of amides is 1. The molecule has 1 aromatic carbocycles. The standard InChI is InChI=1S/C21H24N4O5/c1-23-18-10-22-19(29-2)9-17(18)25(13-20(23)26)15-5-3-14(4-6-15)24-11-16(12-24)30-8-7-21(27)28/h3-6,9-10,16H,7-8,11-13H2,1-2H3,(H,27,28). The lowest BCUT2D eigenvalue weighted by Crippen LogP contribution is -2.52. The molecule has 4 rings (SSSR count). The molecule has 9 heteroatoms. The molecule has 2 aliphatic heterocycles. The fourth-order valence-electron chi connectivity index (χ4n) is 3.61. The summed E-state index contributed by atoms with van der Waals surface area (Å²) in [6, 6.07) is 9.85. The Morgan fingerprint density at radius 1 is 1.20 bits per heavy atom. The first-order valence-electron chi connectivity index (χ1n) is 9.73. The van der Waals surface area contributed by atoms with Crippen molar-refractivity contribution in [2.24, 2.45) is 0 Å². The van der Waals surface area contributed by atoms with Crippen molar-refractivity contribution < 1.29 is 24.2 Å². The molecule has 2 aromatic rings. The maximum Gasteiger partial charge on any atom is 0.305 e. The van der Waals surface area contributed by atoms with Gasteiger partial charge < -0.3 is 29.3 Å². The van der Waals surface area contributed by atoms with E-state index in [1.807, 2.05) is 35.2 Å². The lowest BCUT2D eigenvalue weighted by atomic mass is 10.1. The first kappa shape index (κ1) is 20.0. The summed E-state index contributed by atoms with van der Waals surface area (Å²) in [6.07, 6.45) is 1.74. The highest BCUT2D eigenvalue weighted by Crippen LogP contribution is 2.39. The van der Waals surface area contributed by atoms with Gasteiger partial charge in [0.15, 0.2) is 0 Å². The van der Waals surface area contributed by atoms with Crippen LogP contribution in [0, 0.1) is 0 Å². The lowest BCUT2D eigenvalue weighted by molar-refractivity contribution is -0.138. The maximum absolute atomic E-state index is 12.5. The number of methoxy groups -OCH3 is 1. The topological polar surface area (TPSA) is 95.4 Å². The molecule has 1 amide bonds. The third kappa shape index (κ3) is 3.88. The molecule has 0 unspecified atom stereocenters. The van der Waals surface area contributed by atoms with E-state index in [-0.39, 0.29) is 31.6 Å². The summed E-state index contributed by atoms with van der Waals surface area (Å²) < 4.78 is 10.8. The van der Waals surface area contributed by atoms with E-state index in [2.05, 4.69) is 9.88 Å². The Morgan fingerprint density at radius 2 is 1.90 bits per heavy atom. The van der Waals surface area contributed by atoms with Crippen LogP contribution < -0.4 is 19.4 Å². The first-order valence-corrected chi connectivity index (χ1v) is 9.73. The van der Waals surface area contributed by atoms with Crippen molar-refractivity contribution in [2.45, 2.75) is 12.5 Å². The van der Waals surface area contributed by atoms with Crippen LogP contribution in [0.15, 0.2) is 36.5 Å². The fourth-order valence-corrected chi connectivity index (χ4v) is 3.61. The SMILES string of the molecule is COc1cc2c(cn1)N(C)C(=O)CN2c1ccc(N2CC(OCCC(=O)O)C2)cc1. The molecule has 158 valence electrons. The number of carboxylic acids is 1. The average Bonchev–Trinajstić information content (AvgIpc) is 2.72. The van der Waals surface area contributed by atoms with Gasteiger partial charge in [-0.15, -0.1) is 0 Å². The van der Waals surface area contributed by atoms with Gasteiger partial charge in [-0.2, -0.15) is 0 Å². The molecule has 1 fully saturated rings. The molecule has 0 saturated carbocycles. The molecular weight excluding hydrogens is 388 g/mol. The summed E-state index contributed by atoms with van der Waals surface area (Å²) in [5, 5.41) is 8.67. The van der Waals surface area contributed by atoms with Gasteiger partial charge in [0.25, 0.3) is 0 Å². The van der Waals surface area contributed by atoms with Crippen molar-refractivity contribution in [3.63, 3.8) is 0 Å². The van der Waals surface area contributed by atoms with Gasteiger partial charge in [0.2, 0.25) is 11.8 Å². The van der Waals surface area contributed by atoms with Crippen LogP contribution >= 0.6 is 0 Å². The third-order valence-electron chi connectivity index (χ3n) is 5.41. The predicted molar refractivity (Wildman–Crippen MR) is 112 cm³/mol. The number of hydrogen-bond donors (Lipinski definition) is 1. The van der Waals surface area contributed by atoms with Gasteiger partial charge in [0.05, 0.1) is 43.8 Å². The van der Waals surface area contributed by atoms with Gasteiger partial charge in [-0.25, -0.2) is 4.98 Å². The highest BCUT2D eigenvalue weighted by molar-refractivity contribution is 6.04. The molecule has 0 spiro atoms. The van der Waals surface area contributed by atoms with Crippen LogP contribution in [0.2, 0.25) is 0 Å². The van der Waals surface area contributed by atoms with Gasteiger partial charge in [0.1, 0.15) is 6.54 Å². The first-order chi connectivity index (χ1) is 14.5. The monoisotopic (exact) mass is 412 g/mol. The smallest absolute Gasteiger partial charge is 0.305 e. The van der Waals surface area contributed by atoms with Gasteiger partial charge in [-0.3, -0.25) is 9.59 Å². The van der Waals surface area contributed by atoms with E-state index in [1.54, 1.807) is 25.3 Å². The zero-order valence-corrected chi connectivity index (χ0v) is 16.9. The number of nitrogens with zero attached hydrogens (tertiary/aromatic N) is 4. The van der Waals surface area contributed by atoms with E-state index in [0.29, 0.717) is 5.88 Å². The second-order valence-electron chi connectivity index (χ2n) is 7.31. The van der Waals surface area contributed by atoms with Crippen LogP contribution in [0.3, 0.4) is 0 Å². The van der Waals surface area contributed by atoms with Crippen LogP contribution in [0.5, 0.6) is 5.88 Å². The number of carboxylic acid groups (broad SMARTS) is 1. The molecular formula is C21H24N4O5. The number of hydrogen-bond acceptors (Lipinski definition) is 7. The molecule has 3 heterocycles. The largest absolute Gasteiger partial charge is 0.481 e. The fraction of sp³-hybridized carbons (Fsp3) is 0.381. The Kier molecular flexibility index (Phi) is 5.45. The van der Waals surface area contributed by atoms with Crippen LogP contribution in [0.25, 0.3) is 0 Å². The molecule has 0 aliphatic carbocycles. The molecule has 0 bridgehead atoms. The van der Waals surface area contributed by atoms with Gasteiger partial charge in [-0.05, 0) is 24.3 Å². The number of benzene rings is 1. The molecule has 9 nitrogen and oxygen atoms in total. The van der Waals surface area contributed by atoms with Crippen molar-refractivity contribution in [2.75, 3.05) is 55.1 Å². The van der Waals surface area contributed by atoms with E-state index >= 15 is 0 Å². The van der Waals surface area contributed by atoms with E-state index in [1.165, 1.54) is 0 Å². The molecule has 30 heavy (non-hydrogen) atoms. The molecule has 1 aromatic heterocycles. The van der Waals surface area contributed by atoms with Crippen molar-refractivity contribution in [3.8, 4) is 5.88 Å². The lowest BCUT2D eigenvalue weighted by Gasteiger charge is -2.41. The average molecular weight is 412 g/mol. The minimum Gasteiger partial charge on any atom is -0.481 e. The number of pyridine rings is 1. The summed E-state index contributed by atoms with van der Waals surface area (Å²) in [5.41, 5.74) is 3.57. The summed E-state index contributed by atoms with van der Waals surface area (Å²) >= 11 is 0. The van der Waals surface area contributed by atoms with Crippen LogP contribution in [0.1, 0.15) is 6.42 Å². The number of carbonyl (C=O) groups is 2. The van der Waals surface area contributed by atoms with Gasteiger partial charge in [0, 0.05) is 37.6 Å². The number of fused-ring (bicyclic) bond motifs is 1. The summed E-state index contributed by atoms with van der Waals surface area (Å²) in [7, 11) is 3.31. The Morgan fingerprint density at radius 3 is 2.57 bits per heavy atom. The Bertz CT molecular complexity index is 943. The number of rotatable bonds is 7. The van der Waals surface area contributed by atoms with Crippen molar-refractivity contribution in [1.29, 1.82) is 0 Å². The molecule has 1 N–H and O–H groups in total. The number of likely N-dealkylation sites (N-methyl/N-ethyl adjacent to an activating group) is 1. The zero-order chi connectivity index (χ0) is 21.3. The second kappa shape index (κ2) is 8.19. The number of aromatic nitrogens is 1. The second-order valence-corrected chi connectivity index (χ2v) is 7.31. The van der Waals surface area contributed by atoms with Crippen LogP contribution in [-0.4, -0.2) is 68.5 Å². The maximum atomic E-state index is 12.5. The van der Waals surface area contributed by atoms with E-state index in [0.717, 1.165) is 35.8 Å². The number of carbonyl (C=O) groups excluding carboxylic acids is 1. The normalized spacial score (nSPS) is 16.3. The van der Waals surface area contributed by atoms with Gasteiger partial charge in [-0.1, -0.05) is 0 Å². The van der Waals surface area contributed by atoms with Gasteiger partial charge >= 0.3 is 5.97 Å². The Balaban J connectivity index is 1.45. The quantitative estimate of drug-likeness (QED) is 0.737. The van der Waals surface area contributed by atoms with E-state index < -0.39 is 5.97 Å². The minimum absolute atomic E-state index is 0.0114. The predicted octanol–water partition coefficient (Wildman–Crippen LogP) is 1.88. The highest BCUT2D eigenvalue weighted by Gasteiger charge is 2.30. The number of ether oxygens (including phenoxy) is 2. The van der Waals surface area contributed by atoms with Crippen LogP contribution in [0.4, 0.5) is 22.7 Å². The zero-order valence-electron chi connectivity index (χ0n) is 16.9. The third-order valence-corrected chi connectivity index (χ3v) is 5.41. The highest BCUT2D eigenvalue weighted by atomic mass is 16.5. The van der Waals surface area contributed by atoms with E-state index in [4.69, 9.17) is 14.6 Å². The van der Waals surface area contributed by atoms with E-state index in [9.17, 15) is 9.59 Å². The minimum atomic E-state index is -0.848. The van der Waals surface area contributed by atoms with Crippen LogP contribution in [-0.2, 0) is 14.3 Å². The summed E-state index contributed by atoms with van der Waals surface area (Å²) in [5.74, 6) is -0.366. The molecule has 0 radical (unpaired) electrons. The summed E-state index contributed by atoms with van der Waals surface area (Å²) in [6.45, 7) is 1.94. The number of aliphatic carboxylic acids is 1. The molecule has 0 atom stereocenters. The summed E-state index contributed by atoms with van der Waals surface area (Å²) in [4.78, 5) is 33.0. The van der Waals surface area contributed by atoms with Crippen molar-refractivity contribution >= 4 is 34.6 Å². The number of anilines is 4. The Hall–Kier alpha value is -3.33. The van der Waals surface area contributed by atoms with Crippen molar-refractivity contribution in [1.82, 2.24) is 4.98 Å². The molecule has 1 saturated heterocycles. The Labute approximate surface area is 174 Å². The molecule has 2 aliphatic rings. The van der Waals surface area contributed by atoms with Crippen molar-refractivity contribution in [3.05, 3.63) is 36.5 Å².